The smallest absolute Gasteiger partial charge is 0.256 e. The van der Waals surface area contributed by atoms with Crippen LogP contribution >= 0.6 is 0 Å². The average molecular weight is 392 g/mol. The Kier molecular flexibility index (Phi) is 10.0. The molecule has 0 saturated carbocycles. The largest absolute Gasteiger partial charge is 0.493 e. The van der Waals surface area contributed by atoms with Gasteiger partial charge in [0.15, 0.2) is 0 Å². The van der Waals surface area contributed by atoms with E-state index in [4.69, 9.17) is 9.47 Å². The van der Waals surface area contributed by atoms with E-state index in [0.717, 1.165) is 35.4 Å². The number of ether oxygens (including phenoxy) is 2. The summed E-state index contributed by atoms with van der Waals surface area (Å²) in [5.41, 5.74) is 2.09. The second kappa shape index (κ2) is 11.5. The van der Waals surface area contributed by atoms with Crippen molar-refractivity contribution in [2.24, 2.45) is 11.8 Å². The van der Waals surface area contributed by atoms with E-state index in [-0.39, 0.29) is 5.91 Å². The van der Waals surface area contributed by atoms with Gasteiger partial charge in [-0.1, -0.05) is 41.5 Å². The molecule has 1 N–H and O–H groups in total. The van der Waals surface area contributed by atoms with Crippen molar-refractivity contribution in [3.63, 3.8) is 0 Å². The Bertz CT molecular complexity index is 589. The summed E-state index contributed by atoms with van der Waals surface area (Å²) in [5.74, 6) is 1.62. The van der Waals surface area contributed by atoms with Crippen LogP contribution in [0.3, 0.4) is 0 Å². The third kappa shape index (κ3) is 7.12. The zero-order valence-electron chi connectivity index (χ0n) is 19.3. The van der Waals surface area contributed by atoms with Gasteiger partial charge in [0.05, 0.1) is 6.61 Å². The van der Waals surface area contributed by atoms with Gasteiger partial charge in [-0.3, -0.25) is 4.79 Å². The van der Waals surface area contributed by atoms with E-state index >= 15 is 0 Å². The van der Waals surface area contributed by atoms with Gasteiger partial charge in [0.25, 0.3) is 5.91 Å². The lowest BCUT2D eigenvalue weighted by molar-refractivity contribution is -0.147. The van der Waals surface area contributed by atoms with Crippen LogP contribution in [0.5, 0.6) is 5.75 Å². The van der Waals surface area contributed by atoms with Crippen molar-refractivity contribution in [3.8, 4) is 5.75 Å². The summed E-state index contributed by atoms with van der Waals surface area (Å²) >= 11 is 0. The van der Waals surface area contributed by atoms with Gasteiger partial charge in [-0.25, -0.2) is 0 Å². The van der Waals surface area contributed by atoms with Crippen molar-refractivity contribution in [1.82, 2.24) is 0 Å². The molecule has 4 nitrogen and oxygen atoms in total. The summed E-state index contributed by atoms with van der Waals surface area (Å²) in [7, 11) is 0. The van der Waals surface area contributed by atoms with Crippen molar-refractivity contribution < 1.29 is 14.3 Å². The summed E-state index contributed by atoms with van der Waals surface area (Å²) in [4.78, 5) is 13.4. The molecule has 160 valence electrons. The van der Waals surface area contributed by atoms with Crippen molar-refractivity contribution in [1.29, 1.82) is 0 Å². The number of aryl methyl sites for hydroxylation is 2. The number of rotatable bonds is 12. The quantitative estimate of drug-likeness (QED) is 0.455. The Balaban J connectivity index is 3.15. The monoisotopic (exact) mass is 391 g/mol. The Morgan fingerprint density at radius 3 is 1.89 bits per heavy atom. The summed E-state index contributed by atoms with van der Waals surface area (Å²) in [6.07, 6.45) is 3.30. The van der Waals surface area contributed by atoms with Crippen LogP contribution in [0.25, 0.3) is 0 Å². The minimum absolute atomic E-state index is 0.0376. The molecule has 0 aliphatic heterocycles. The summed E-state index contributed by atoms with van der Waals surface area (Å²) in [6, 6.07) is 3.98. The summed E-state index contributed by atoms with van der Waals surface area (Å²) < 4.78 is 12.1. The van der Waals surface area contributed by atoms with Crippen LogP contribution in [0.1, 0.15) is 78.4 Å². The lowest BCUT2D eigenvalue weighted by atomic mass is 9.83. The highest BCUT2D eigenvalue weighted by atomic mass is 16.5. The molecule has 1 rings (SSSR count). The maximum absolute atomic E-state index is 13.4. The van der Waals surface area contributed by atoms with Crippen molar-refractivity contribution in [2.45, 2.75) is 86.7 Å². The Morgan fingerprint density at radius 1 is 0.964 bits per heavy atom. The van der Waals surface area contributed by atoms with Crippen LogP contribution in [-0.4, -0.2) is 24.7 Å². The number of nitrogens with one attached hydrogen (secondary N) is 1. The number of amides is 1. The van der Waals surface area contributed by atoms with E-state index in [2.05, 4.69) is 46.9 Å². The zero-order valence-corrected chi connectivity index (χ0v) is 19.3. The maximum atomic E-state index is 13.4. The number of benzene rings is 1. The molecule has 0 heterocycles. The number of carbonyl (C=O) groups excluding carboxylic acids is 1. The minimum atomic E-state index is -0.794. The molecule has 0 spiro atoms. The molecule has 0 unspecified atom stereocenters. The number of hydrogen-bond acceptors (Lipinski definition) is 3. The van der Waals surface area contributed by atoms with Gasteiger partial charge < -0.3 is 14.8 Å². The SMILES string of the molecule is CCCOc1c(C)cc(NC(=O)C(CC(C)C)(CC(C)C)OCCC)cc1C. The van der Waals surface area contributed by atoms with Crippen LogP contribution in [0.4, 0.5) is 5.69 Å². The van der Waals surface area contributed by atoms with Gasteiger partial charge in [-0.15, -0.1) is 0 Å². The van der Waals surface area contributed by atoms with E-state index < -0.39 is 5.60 Å². The molecule has 0 atom stereocenters. The van der Waals surface area contributed by atoms with Crippen LogP contribution in [-0.2, 0) is 9.53 Å². The highest BCUT2D eigenvalue weighted by molar-refractivity contribution is 5.97. The van der Waals surface area contributed by atoms with Crippen molar-refractivity contribution in [3.05, 3.63) is 23.3 Å². The molecule has 0 aromatic heterocycles. The predicted molar refractivity (Wildman–Crippen MR) is 118 cm³/mol. The molecule has 0 aliphatic rings. The molecular formula is C24H41NO3. The Labute approximate surface area is 172 Å². The molecule has 0 fully saturated rings. The lowest BCUT2D eigenvalue weighted by Crippen LogP contribution is -2.48. The minimum Gasteiger partial charge on any atom is -0.493 e. The standard InChI is InChI=1S/C24H41NO3/c1-9-11-27-22-19(7)13-21(14-20(22)8)25-23(26)24(15-17(3)4,16-18(5)6)28-12-10-2/h13-14,17-18H,9-12,15-16H2,1-8H3,(H,25,26). The van der Waals surface area contributed by atoms with Crippen LogP contribution in [0, 0.1) is 25.7 Å². The third-order valence-corrected chi connectivity index (χ3v) is 4.64. The fraction of sp³-hybridized carbons (Fsp3) is 0.708. The first-order valence-corrected chi connectivity index (χ1v) is 10.8. The molecule has 0 saturated heterocycles. The van der Waals surface area contributed by atoms with E-state index in [1.807, 2.05) is 26.0 Å². The molecular weight excluding hydrogens is 350 g/mol. The lowest BCUT2D eigenvalue weighted by Gasteiger charge is -2.35. The molecule has 0 radical (unpaired) electrons. The Hall–Kier alpha value is -1.55. The first-order chi connectivity index (χ1) is 13.1. The zero-order chi connectivity index (χ0) is 21.3. The second-order valence-corrected chi connectivity index (χ2v) is 8.78. The third-order valence-electron chi connectivity index (χ3n) is 4.64. The van der Waals surface area contributed by atoms with E-state index in [0.29, 0.717) is 37.9 Å². The number of anilines is 1. The van der Waals surface area contributed by atoms with Gasteiger partial charge in [0.2, 0.25) is 0 Å². The molecule has 1 aromatic rings. The van der Waals surface area contributed by atoms with Crippen LogP contribution in [0.15, 0.2) is 12.1 Å². The first-order valence-electron chi connectivity index (χ1n) is 10.8. The molecule has 28 heavy (non-hydrogen) atoms. The predicted octanol–water partition coefficient (Wildman–Crippen LogP) is 6.29. The van der Waals surface area contributed by atoms with E-state index in [1.54, 1.807) is 0 Å². The van der Waals surface area contributed by atoms with E-state index in [1.165, 1.54) is 0 Å². The van der Waals surface area contributed by atoms with Crippen molar-refractivity contribution >= 4 is 11.6 Å². The van der Waals surface area contributed by atoms with Gasteiger partial charge in [-0.2, -0.15) is 0 Å². The highest BCUT2D eigenvalue weighted by Crippen LogP contribution is 2.33. The molecule has 1 aromatic carbocycles. The number of carbonyl (C=O) groups is 1. The topological polar surface area (TPSA) is 47.6 Å². The molecule has 0 aliphatic carbocycles. The molecule has 0 bridgehead atoms. The fourth-order valence-corrected chi connectivity index (χ4v) is 3.77. The number of hydrogen-bond donors (Lipinski definition) is 1. The van der Waals surface area contributed by atoms with Crippen molar-refractivity contribution in [2.75, 3.05) is 18.5 Å². The normalized spacial score (nSPS) is 11.9. The van der Waals surface area contributed by atoms with E-state index in [9.17, 15) is 4.79 Å². The van der Waals surface area contributed by atoms with Gasteiger partial charge in [-0.05, 0) is 74.6 Å². The Morgan fingerprint density at radius 2 is 1.46 bits per heavy atom. The maximum Gasteiger partial charge on any atom is 0.256 e. The van der Waals surface area contributed by atoms with Gasteiger partial charge >= 0.3 is 0 Å². The average Bonchev–Trinajstić information content (AvgIpc) is 2.58. The fourth-order valence-electron chi connectivity index (χ4n) is 3.77. The van der Waals surface area contributed by atoms with Crippen LogP contribution in [0.2, 0.25) is 0 Å². The highest BCUT2D eigenvalue weighted by Gasteiger charge is 2.40. The summed E-state index contributed by atoms with van der Waals surface area (Å²) in [6.45, 7) is 18.1. The van der Waals surface area contributed by atoms with Crippen LogP contribution < -0.4 is 10.1 Å². The molecule has 1 amide bonds. The summed E-state index contributed by atoms with van der Waals surface area (Å²) in [5, 5.41) is 3.15. The first kappa shape index (κ1) is 24.5. The van der Waals surface area contributed by atoms with Gasteiger partial charge in [0, 0.05) is 12.3 Å². The molecule has 4 heteroatoms. The van der Waals surface area contributed by atoms with Gasteiger partial charge in [0.1, 0.15) is 11.4 Å². The second-order valence-electron chi connectivity index (χ2n) is 8.78.